The Labute approximate surface area is 158 Å². The summed E-state index contributed by atoms with van der Waals surface area (Å²) < 4.78 is 0. The van der Waals surface area contributed by atoms with Crippen molar-refractivity contribution in [2.45, 2.75) is 6.92 Å². The lowest BCUT2D eigenvalue weighted by atomic mass is 10.1. The van der Waals surface area contributed by atoms with Crippen LogP contribution in [0.3, 0.4) is 0 Å². The van der Waals surface area contributed by atoms with E-state index in [0.717, 1.165) is 16.7 Å². The van der Waals surface area contributed by atoms with Gasteiger partial charge in [0.25, 0.3) is 5.56 Å². The van der Waals surface area contributed by atoms with Gasteiger partial charge in [-0.2, -0.15) is 0 Å². The van der Waals surface area contributed by atoms with Crippen LogP contribution in [0.1, 0.15) is 17.0 Å². The number of nitrogens with zero attached hydrogens (tertiary/aromatic N) is 2. The highest BCUT2D eigenvalue weighted by molar-refractivity contribution is 7.17. The van der Waals surface area contributed by atoms with Gasteiger partial charge in [0.2, 0.25) is 0 Å². The molecule has 4 aromatic rings. The van der Waals surface area contributed by atoms with Crippen LogP contribution in [0.25, 0.3) is 32.5 Å². The first-order valence-corrected chi connectivity index (χ1v) is 9.24. The smallest absolute Gasteiger partial charge is 0.260 e. The fourth-order valence-electron chi connectivity index (χ4n) is 2.68. The monoisotopic (exact) mass is 379 g/mol. The maximum absolute atomic E-state index is 12.7. The molecule has 0 saturated heterocycles. The zero-order valence-corrected chi connectivity index (χ0v) is 15.4. The largest absolute Gasteiger partial charge is 0.305 e. The first-order valence-electron chi connectivity index (χ1n) is 7.98. The minimum atomic E-state index is -0.195. The lowest BCUT2D eigenvalue weighted by Crippen LogP contribution is -2.10. The summed E-state index contributed by atoms with van der Waals surface area (Å²) in [5.41, 5.74) is 3.71. The number of benzene rings is 1. The summed E-state index contributed by atoms with van der Waals surface area (Å²) in [5, 5.41) is 2.91. The molecule has 0 atom stereocenters. The number of aryl methyl sites for hydroxylation is 1. The molecule has 0 aliphatic carbocycles. The molecule has 0 unspecified atom stereocenters. The van der Waals surface area contributed by atoms with E-state index < -0.39 is 0 Å². The number of rotatable bonds is 3. The maximum Gasteiger partial charge on any atom is 0.260 e. The Bertz CT molecular complexity index is 1160. The van der Waals surface area contributed by atoms with Crippen molar-refractivity contribution in [1.29, 1.82) is 0 Å². The van der Waals surface area contributed by atoms with Gasteiger partial charge in [-0.05, 0) is 30.2 Å². The second kappa shape index (κ2) is 6.86. The molecular formula is C20H14ClN3OS. The van der Waals surface area contributed by atoms with Gasteiger partial charge in [0.05, 0.1) is 10.4 Å². The summed E-state index contributed by atoms with van der Waals surface area (Å²) in [7, 11) is 0. The quantitative estimate of drug-likeness (QED) is 0.539. The number of hydrogen-bond acceptors (Lipinski definition) is 4. The van der Waals surface area contributed by atoms with Gasteiger partial charge in [-0.15, -0.1) is 11.3 Å². The highest BCUT2D eigenvalue weighted by Gasteiger charge is 2.14. The van der Waals surface area contributed by atoms with Crippen molar-refractivity contribution in [2.75, 3.05) is 0 Å². The normalized spacial score (nSPS) is 11.8. The molecule has 1 N–H and O–H groups in total. The molecule has 26 heavy (non-hydrogen) atoms. The summed E-state index contributed by atoms with van der Waals surface area (Å²) in [5.74, 6) is 0.352. The number of halogens is 1. The highest BCUT2D eigenvalue weighted by atomic mass is 35.5. The van der Waals surface area contributed by atoms with E-state index in [1.165, 1.54) is 16.9 Å². The zero-order valence-electron chi connectivity index (χ0n) is 13.9. The number of hydrogen-bond donors (Lipinski definition) is 1. The number of pyridine rings is 1. The highest BCUT2D eigenvalue weighted by Crippen LogP contribution is 2.31. The molecule has 6 heteroatoms. The third kappa shape index (κ3) is 3.19. The minimum Gasteiger partial charge on any atom is -0.305 e. The Morgan fingerprint density at radius 2 is 2.04 bits per heavy atom. The number of fused-ring (bicyclic) bond motifs is 1. The lowest BCUT2D eigenvalue weighted by Gasteiger charge is -2.02. The summed E-state index contributed by atoms with van der Waals surface area (Å²) in [6, 6.07) is 11.8. The van der Waals surface area contributed by atoms with Gasteiger partial charge < -0.3 is 4.98 Å². The molecule has 0 saturated carbocycles. The Balaban J connectivity index is 1.80. The minimum absolute atomic E-state index is 0.195. The molecule has 1 aromatic carbocycles. The average Bonchev–Trinajstić information content (AvgIpc) is 3.08. The molecule has 4 rings (SSSR count). The van der Waals surface area contributed by atoms with Crippen LogP contribution < -0.4 is 5.56 Å². The van der Waals surface area contributed by atoms with Gasteiger partial charge >= 0.3 is 0 Å². The van der Waals surface area contributed by atoms with E-state index in [9.17, 15) is 4.79 Å². The fraction of sp³-hybridized carbons (Fsp3) is 0.0500. The summed E-state index contributed by atoms with van der Waals surface area (Å²) in [6.45, 7) is 2.03. The Morgan fingerprint density at radius 3 is 2.77 bits per heavy atom. The molecule has 0 aliphatic rings. The standard InChI is InChI=1S/C20H14ClN3OS/c1-12-4-6-14(7-5-12)15-11-26-20-17(15)19(25)23-18(24-20)16(21)9-13-3-2-8-22-10-13/h2-11H,1H3,(H,23,24,25)/b16-9-. The van der Waals surface area contributed by atoms with Crippen LogP contribution in [0, 0.1) is 6.92 Å². The van der Waals surface area contributed by atoms with Crippen molar-refractivity contribution in [3.63, 3.8) is 0 Å². The van der Waals surface area contributed by atoms with E-state index in [2.05, 4.69) is 15.0 Å². The van der Waals surface area contributed by atoms with E-state index in [-0.39, 0.29) is 5.56 Å². The second-order valence-corrected chi connectivity index (χ2v) is 7.15. The molecule has 0 bridgehead atoms. The molecule has 0 aliphatic heterocycles. The molecule has 0 fully saturated rings. The molecule has 4 nitrogen and oxygen atoms in total. The van der Waals surface area contributed by atoms with Crippen LogP contribution in [0.15, 0.2) is 59.0 Å². The number of thiophene rings is 1. The van der Waals surface area contributed by atoms with Gasteiger partial charge in [-0.3, -0.25) is 9.78 Å². The van der Waals surface area contributed by atoms with Gasteiger partial charge in [-0.25, -0.2) is 4.98 Å². The van der Waals surface area contributed by atoms with Gasteiger partial charge in [-0.1, -0.05) is 47.5 Å². The molecule has 0 amide bonds. The number of aromatic amines is 1. The van der Waals surface area contributed by atoms with E-state index in [1.807, 2.05) is 48.7 Å². The SMILES string of the molecule is Cc1ccc(-c2csc3nc(/C(Cl)=C/c4cccnc4)[nH]c(=O)c23)cc1. The Kier molecular flexibility index (Phi) is 4.41. The van der Waals surface area contributed by atoms with Crippen molar-refractivity contribution < 1.29 is 0 Å². The van der Waals surface area contributed by atoms with Crippen molar-refractivity contribution in [3.05, 3.63) is 81.5 Å². The predicted molar refractivity (Wildman–Crippen MR) is 108 cm³/mol. The van der Waals surface area contributed by atoms with Crippen molar-refractivity contribution >= 4 is 44.3 Å². The molecule has 128 valence electrons. The number of aromatic nitrogens is 3. The van der Waals surface area contributed by atoms with Crippen molar-refractivity contribution in [1.82, 2.24) is 15.0 Å². The maximum atomic E-state index is 12.7. The Morgan fingerprint density at radius 1 is 1.23 bits per heavy atom. The van der Waals surface area contributed by atoms with Gasteiger partial charge in [0.15, 0.2) is 5.82 Å². The number of H-pyrrole nitrogens is 1. The molecule has 3 heterocycles. The van der Waals surface area contributed by atoms with Crippen LogP contribution in [-0.2, 0) is 0 Å². The van der Waals surface area contributed by atoms with Crippen LogP contribution in [0.5, 0.6) is 0 Å². The van der Waals surface area contributed by atoms with Crippen LogP contribution in [0.4, 0.5) is 0 Å². The number of nitrogens with one attached hydrogen (secondary N) is 1. The lowest BCUT2D eigenvalue weighted by molar-refractivity contribution is 1.14. The molecule has 0 spiro atoms. The van der Waals surface area contributed by atoms with Crippen LogP contribution in [-0.4, -0.2) is 15.0 Å². The van der Waals surface area contributed by atoms with E-state index >= 15 is 0 Å². The molecule has 3 aromatic heterocycles. The zero-order chi connectivity index (χ0) is 18.1. The second-order valence-electron chi connectivity index (χ2n) is 5.89. The first-order chi connectivity index (χ1) is 12.6. The van der Waals surface area contributed by atoms with Crippen LogP contribution in [0.2, 0.25) is 0 Å². The van der Waals surface area contributed by atoms with Gasteiger partial charge in [0.1, 0.15) is 4.83 Å². The van der Waals surface area contributed by atoms with E-state index in [4.69, 9.17) is 11.6 Å². The summed E-state index contributed by atoms with van der Waals surface area (Å²) >= 11 is 7.80. The van der Waals surface area contributed by atoms with Crippen molar-refractivity contribution in [2.24, 2.45) is 0 Å². The summed E-state index contributed by atoms with van der Waals surface area (Å²) in [4.78, 5) is 24.7. The predicted octanol–water partition coefficient (Wildman–Crippen LogP) is 5.09. The molecule has 0 radical (unpaired) electrons. The van der Waals surface area contributed by atoms with Crippen LogP contribution >= 0.6 is 22.9 Å². The fourth-order valence-corrected chi connectivity index (χ4v) is 3.85. The molecular weight excluding hydrogens is 366 g/mol. The first kappa shape index (κ1) is 16.7. The topological polar surface area (TPSA) is 58.6 Å². The Hall–Kier alpha value is -2.76. The summed E-state index contributed by atoms with van der Waals surface area (Å²) in [6.07, 6.45) is 5.11. The van der Waals surface area contributed by atoms with Crippen molar-refractivity contribution in [3.8, 4) is 11.1 Å². The van der Waals surface area contributed by atoms with Gasteiger partial charge in [0, 0.05) is 23.3 Å². The third-order valence-electron chi connectivity index (χ3n) is 4.01. The van der Waals surface area contributed by atoms with E-state index in [0.29, 0.717) is 21.1 Å². The third-order valence-corrected chi connectivity index (χ3v) is 5.17. The average molecular weight is 380 g/mol. The van der Waals surface area contributed by atoms with E-state index in [1.54, 1.807) is 18.5 Å².